The van der Waals surface area contributed by atoms with Gasteiger partial charge in [-0.2, -0.15) is 11.3 Å². The van der Waals surface area contributed by atoms with Crippen LogP contribution in [0.15, 0.2) is 140 Å². The van der Waals surface area contributed by atoms with Crippen molar-refractivity contribution in [1.29, 1.82) is 0 Å². The SMILES string of the molecule is Cc1cc[c-]c(-c2cc(C)ccn2)c1.[Ir].[c-]1ccc2sc3cc(N(c4ccccc4)c4ccccc4)cc4c5cccnc5c1c2c34. The molecule has 0 saturated heterocycles. The Labute approximate surface area is 291 Å². The van der Waals surface area contributed by atoms with Crippen LogP contribution in [0.25, 0.3) is 53.1 Å². The predicted molar refractivity (Wildman–Crippen MR) is 195 cm³/mol. The molecule has 3 heterocycles. The molecule has 0 amide bonds. The zero-order chi connectivity index (χ0) is 31.0. The van der Waals surface area contributed by atoms with Crippen molar-refractivity contribution >= 4 is 70.2 Å². The number of hydrogen-bond donors (Lipinski definition) is 0. The van der Waals surface area contributed by atoms with Crippen molar-refractivity contribution in [3.05, 3.63) is 163 Å². The fourth-order valence-electron chi connectivity index (χ4n) is 6.23. The minimum absolute atomic E-state index is 0. The zero-order valence-electron chi connectivity index (χ0n) is 25.9. The summed E-state index contributed by atoms with van der Waals surface area (Å²) in [6, 6.07) is 51.0. The van der Waals surface area contributed by atoms with E-state index in [0.29, 0.717) is 0 Å². The van der Waals surface area contributed by atoms with Crippen molar-refractivity contribution < 1.29 is 20.1 Å². The number of thiophene rings is 1. The number of hydrogen-bond acceptors (Lipinski definition) is 4. The standard InChI is InChI=1S/C29H17N2S.C13H12N.Ir/c1-3-9-19(10-4-1)31(20-11-5-2-6-12-20)21-17-24-22-14-8-16-30-29(22)23-13-7-15-25-27(23)28(24)26(18-21)32-25;1-10-4-3-5-12(8-10)13-9-11(2)6-7-14-13;/h1-12,14-18H;3-4,6-9H,1-2H3;/q2*-1;. The minimum Gasteiger partial charge on any atom is -0.310 e. The third-order valence-electron chi connectivity index (χ3n) is 8.29. The molecule has 0 saturated carbocycles. The molecule has 9 aromatic rings. The second-order valence-corrected chi connectivity index (χ2v) is 12.5. The summed E-state index contributed by atoms with van der Waals surface area (Å²) in [7, 11) is 0. The summed E-state index contributed by atoms with van der Waals surface area (Å²) in [5, 5.41) is 6.15. The number of aromatic nitrogens is 2. The second kappa shape index (κ2) is 13.1. The molecule has 1 radical (unpaired) electrons. The zero-order valence-corrected chi connectivity index (χ0v) is 29.1. The van der Waals surface area contributed by atoms with E-state index < -0.39 is 0 Å². The molecule has 0 N–H and O–H groups in total. The number of rotatable bonds is 4. The predicted octanol–water partition coefficient (Wildman–Crippen LogP) is 11.6. The summed E-state index contributed by atoms with van der Waals surface area (Å²) in [4.78, 5) is 11.4. The molecule has 0 unspecified atom stereocenters. The molecule has 5 heteroatoms. The van der Waals surface area contributed by atoms with E-state index >= 15 is 0 Å². The van der Waals surface area contributed by atoms with Gasteiger partial charge >= 0.3 is 0 Å². The number of aryl methyl sites for hydroxylation is 2. The van der Waals surface area contributed by atoms with E-state index in [1.54, 1.807) is 0 Å². The molecule has 0 atom stereocenters. The Morgan fingerprint density at radius 2 is 1.30 bits per heavy atom. The summed E-state index contributed by atoms with van der Waals surface area (Å²) in [6.07, 6.45) is 3.71. The van der Waals surface area contributed by atoms with Gasteiger partial charge < -0.3 is 14.9 Å². The smallest absolute Gasteiger partial charge is 0.0481 e. The van der Waals surface area contributed by atoms with Gasteiger partial charge in [-0.05, 0) is 87.5 Å². The van der Waals surface area contributed by atoms with Gasteiger partial charge in [0.05, 0.1) is 0 Å². The van der Waals surface area contributed by atoms with E-state index in [9.17, 15) is 0 Å². The Morgan fingerprint density at radius 1 is 0.574 bits per heavy atom. The van der Waals surface area contributed by atoms with Gasteiger partial charge in [0.1, 0.15) is 0 Å². The van der Waals surface area contributed by atoms with Gasteiger partial charge in [0, 0.05) is 54.3 Å². The molecule has 3 nitrogen and oxygen atoms in total. The first-order valence-corrected chi connectivity index (χ1v) is 16.1. The number of para-hydroxylation sites is 2. The van der Waals surface area contributed by atoms with Crippen molar-refractivity contribution in [3.63, 3.8) is 0 Å². The molecule has 0 bridgehead atoms. The summed E-state index contributed by atoms with van der Waals surface area (Å²) in [6.45, 7) is 4.15. The van der Waals surface area contributed by atoms with Crippen LogP contribution in [0.5, 0.6) is 0 Å². The van der Waals surface area contributed by atoms with Crippen LogP contribution in [0, 0.1) is 26.0 Å². The van der Waals surface area contributed by atoms with Gasteiger partial charge in [0.15, 0.2) is 0 Å². The third-order valence-corrected chi connectivity index (χ3v) is 9.39. The number of benzene rings is 6. The van der Waals surface area contributed by atoms with E-state index in [4.69, 9.17) is 4.98 Å². The van der Waals surface area contributed by atoms with Gasteiger partial charge in [-0.1, -0.05) is 66.4 Å². The Hall–Kier alpha value is -4.93. The Bertz CT molecular complexity index is 2370. The van der Waals surface area contributed by atoms with Crippen LogP contribution < -0.4 is 4.90 Å². The fourth-order valence-corrected chi connectivity index (χ4v) is 7.41. The number of fused-ring (bicyclic) bond motifs is 3. The van der Waals surface area contributed by atoms with E-state index in [0.717, 1.165) is 39.2 Å². The first kappa shape index (κ1) is 30.7. The first-order chi connectivity index (χ1) is 22.6. The van der Waals surface area contributed by atoms with Crippen LogP contribution in [0.4, 0.5) is 17.1 Å². The van der Waals surface area contributed by atoms with E-state index in [1.807, 2.05) is 54.1 Å². The minimum atomic E-state index is 0. The van der Waals surface area contributed by atoms with Crippen LogP contribution >= 0.6 is 11.3 Å². The fraction of sp³-hybridized carbons (Fsp3) is 0.0476. The van der Waals surface area contributed by atoms with Gasteiger partial charge in [-0.25, -0.2) is 0 Å². The van der Waals surface area contributed by atoms with Crippen LogP contribution in [0.3, 0.4) is 0 Å². The number of pyridine rings is 2. The molecule has 47 heavy (non-hydrogen) atoms. The van der Waals surface area contributed by atoms with Gasteiger partial charge in [0.2, 0.25) is 0 Å². The van der Waals surface area contributed by atoms with Crippen LogP contribution in [0.2, 0.25) is 0 Å². The Balaban J connectivity index is 0.000000198. The van der Waals surface area contributed by atoms with Crippen LogP contribution in [-0.4, -0.2) is 9.97 Å². The first-order valence-electron chi connectivity index (χ1n) is 15.3. The average molecular weight is 800 g/mol. The monoisotopic (exact) mass is 800 g/mol. The van der Waals surface area contributed by atoms with Crippen molar-refractivity contribution in [1.82, 2.24) is 9.97 Å². The average Bonchev–Trinajstić information content (AvgIpc) is 3.48. The second-order valence-electron chi connectivity index (χ2n) is 11.5. The summed E-state index contributed by atoms with van der Waals surface area (Å²) in [5.41, 5.74) is 8.98. The molecule has 0 aliphatic carbocycles. The molecule has 3 aromatic heterocycles. The summed E-state index contributed by atoms with van der Waals surface area (Å²) in [5.74, 6) is 0. The maximum Gasteiger partial charge on any atom is 0.0481 e. The summed E-state index contributed by atoms with van der Waals surface area (Å²) < 4.78 is 2.58. The molecule has 0 aliphatic heterocycles. The van der Waals surface area contributed by atoms with Gasteiger partial charge in [-0.3, -0.25) is 0 Å². The molecule has 0 fully saturated rings. The molecular weight excluding hydrogens is 771 g/mol. The molecule has 0 spiro atoms. The van der Waals surface area contributed by atoms with Crippen molar-refractivity contribution in [3.8, 4) is 11.3 Å². The van der Waals surface area contributed by atoms with E-state index in [2.05, 4.69) is 133 Å². The van der Waals surface area contributed by atoms with Gasteiger partial charge in [-0.15, -0.1) is 59.0 Å². The van der Waals surface area contributed by atoms with Gasteiger partial charge in [0.25, 0.3) is 0 Å². The Kier molecular flexibility index (Phi) is 8.53. The Morgan fingerprint density at radius 3 is 2.02 bits per heavy atom. The number of anilines is 3. The maximum absolute atomic E-state index is 4.76. The molecule has 229 valence electrons. The molecule has 0 aliphatic rings. The van der Waals surface area contributed by atoms with Crippen molar-refractivity contribution in [2.24, 2.45) is 0 Å². The van der Waals surface area contributed by atoms with E-state index in [-0.39, 0.29) is 20.1 Å². The summed E-state index contributed by atoms with van der Waals surface area (Å²) >= 11 is 1.85. The normalized spacial score (nSPS) is 11.0. The van der Waals surface area contributed by atoms with Crippen molar-refractivity contribution in [2.45, 2.75) is 13.8 Å². The van der Waals surface area contributed by atoms with Crippen molar-refractivity contribution in [2.75, 3.05) is 4.90 Å². The molecule has 9 rings (SSSR count). The van der Waals surface area contributed by atoms with Crippen LogP contribution in [-0.2, 0) is 20.1 Å². The number of nitrogens with zero attached hydrogens (tertiary/aromatic N) is 3. The largest absolute Gasteiger partial charge is 0.310 e. The topological polar surface area (TPSA) is 29.0 Å². The maximum atomic E-state index is 4.76. The van der Waals surface area contributed by atoms with Crippen LogP contribution in [0.1, 0.15) is 11.1 Å². The third kappa shape index (κ3) is 5.79. The molecule has 6 aromatic carbocycles. The van der Waals surface area contributed by atoms with E-state index in [1.165, 1.54) is 42.1 Å². The molecular formula is C42H29IrN3S-2. The quantitative estimate of drug-likeness (QED) is 0.131.